The number of anilines is 1. The van der Waals surface area contributed by atoms with Crippen molar-refractivity contribution in [2.75, 3.05) is 19.4 Å². The van der Waals surface area contributed by atoms with Gasteiger partial charge in [0.05, 0.1) is 5.56 Å². The van der Waals surface area contributed by atoms with Crippen molar-refractivity contribution in [3.63, 3.8) is 0 Å². The number of pyridine rings is 1. The highest BCUT2D eigenvalue weighted by atomic mass is 16.2. The van der Waals surface area contributed by atoms with Crippen molar-refractivity contribution in [2.24, 2.45) is 5.41 Å². The second kappa shape index (κ2) is 4.02. The topological polar surface area (TPSA) is 45.2 Å². The fourth-order valence-electron chi connectivity index (χ4n) is 1.76. The fraction of sp³-hybridized carbons (Fsp3) is 0.538. The molecule has 0 spiro atoms. The van der Waals surface area contributed by atoms with Crippen molar-refractivity contribution in [3.8, 4) is 0 Å². The van der Waals surface area contributed by atoms with Crippen LogP contribution in [0.15, 0.2) is 18.3 Å². The number of rotatable bonds is 3. The molecule has 0 aromatic carbocycles. The van der Waals surface area contributed by atoms with Crippen LogP contribution in [0.1, 0.15) is 30.6 Å². The molecule has 1 saturated carbocycles. The Balaban J connectivity index is 2.01. The average molecular weight is 233 g/mol. The first-order valence-electron chi connectivity index (χ1n) is 5.84. The molecular formula is C13H19N3O. The molecule has 4 nitrogen and oxygen atoms in total. The van der Waals surface area contributed by atoms with Gasteiger partial charge in [-0.25, -0.2) is 4.98 Å². The van der Waals surface area contributed by atoms with Crippen LogP contribution in [0.25, 0.3) is 0 Å². The number of aromatic nitrogens is 1. The van der Waals surface area contributed by atoms with Crippen LogP contribution < -0.4 is 5.32 Å². The molecule has 1 aromatic heterocycles. The third-order valence-corrected chi connectivity index (χ3v) is 3.25. The summed E-state index contributed by atoms with van der Waals surface area (Å²) < 4.78 is 0. The van der Waals surface area contributed by atoms with Crippen molar-refractivity contribution < 1.29 is 4.79 Å². The molecule has 0 radical (unpaired) electrons. The van der Waals surface area contributed by atoms with Crippen LogP contribution in [0.3, 0.4) is 0 Å². The predicted molar refractivity (Wildman–Crippen MR) is 68.1 cm³/mol. The number of carbonyl (C=O) groups excluding carboxylic acids is 1. The van der Waals surface area contributed by atoms with Crippen molar-refractivity contribution in [1.82, 2.24) is 9.88 Å². The first kappa shape index (κ1) is 11.9. The van der Waals surface area contributed by atoms with Crippen LogP contribution in [0.4, 0.5) is 5.82 Å². The van der Waals surface area contributed by atoms with Gasteiger partial charge in [0.25, 0.3) is 5.91 Å². The number of nitrogens with one attached hydrogen (secondary N) is 1. The fourth-order valence-corrected chi connectivity index (χ4v) is 1.76. The molecule has 1 aliphatic rings. The molecule has 1 unspecified atom stereocenters. The summed E-state index contributed by atoms with van der Waals surface area (Å²) in [4.78, 5) is 17.5. The molecule has 0 bridgehead atoms. The Kier molecular flexibility index (Phi) is 2.81. The van der Waals surface area contributed by atoms with Gasteiger partial charge in [-0.1, -0.05) is 13.8 Å². The van der Waals surface area contributed by atoms with Crippen molar-refractivity contribution in [1.29, 1.82) is 0 Å². The summed E-state index contributed by atoms with van der Waals surface area (Å²) >= 11 is 0. The maximum atomic E-state index is 11.7. The monoisotopic (exact) mass is 233 g/mol. The van der Waals surface area contributed by atoms with E-state index in [1.807, 2.05) is 12.1 Å². The Bertz CT molecular complexity index is 423. The molecule has 4 heteroatoms. The summed E-state index contributed by atoms with van der Waals surface area (Å²) in [6.45, 7) is 4.46. The van der Waals surface area contributed by atoms with E-state index in [0.717, 1.165) is 5.82 Å². The van der Waals surface area contributed by atoms with Gasteiger partial charge >= 0.3 is 0 Å². The molecule has 0 saturated heterocycles. The molecule has 1 fully saturated rings. The minimum absolute atomic E-state index is 0.0178. The van der Waals surface area contributed by atoms with E-state index in [-0.39, 0.29) is 5.91 Å². The van der Waals surface area contributed by atoms with Crippen LogP contribution in [0, 0.1) is 5.41 Å². The second-order valence-corrected chi connectivity index (χ2v) is 5.52. The molecule has 1 N–H and O–H groups in total. The maximum Gasteiger partial charge on any atom is 0.254 e. The quantitative estimate of drug-likeness (QED) is 0.868. The number of hydrogen-bond donors (Lipinski definition) is 1. The lowest BCUT2D eigenvalue weighted by Crippen LogP contribution is -2.21. The zero-order valence-electron chi connectivity index (χ0n) is 10.8. The Hall–Kier alpha value is -1.58. The lowest BCUT2D eigenvalue weighted by atomic mass is 10.2. The Labute approximate surface area is 102 Å². The van der Waals surface area contributed by atoms with E-state index in [4.69, 9.17) is 0 Å². The van der Waals surface area contributed by atoms with E-state index < -0.39 is 0 Å². The van der Waals surface area contributed by atoms with Gasteiger partial charge in [0, 0.05) is 26.3 Å². The van der Waals surface area contributed by atoms with Gasteiger partial charge in [0.1, 0.15) is 5.82 Å². The van der Waals surface area contributed by atoms with E-state index in [0.29, 0.717) is 17.0 Å². The average Bonchev–Trinajstić information content (AvgIpc) is 2.86. The standard InChI is InChI=1S/C13H19N3O/c1-13(2)7-10(13)15-11-6-5-9(8-14-11)12(17)16(3)4/h5-6,8,10H,7H2,1-4H3,(H,14,15). The van der Waals surface area contributed by atoms with E-state index in [1.165, 1.54) is 6.42 Å². The zero-order chi connectivity index (χ0) is 12.6. The normalized spacial score (nSPS) is 20.8. The smallest absolute Gasteiger partial charge is 0.254 e. The van der Waals surface area contributed by atoms with Crippen LogP contribution >= 0.6 is 0 Å². The Morgan fingerprint density at radius 3 is 2.53 bits per heavy atom. The molecule has 1 heterocycles. The second-order valence-electron chi connectivity index (χ2n) is 5.52. The van der Waals surface area contributed by atoms with Crippen molar-refractivity contribution >= 4 is 11.7 Å². The summed E-state index contributed by atoms with van der Waals surface area (Å²) in [6.07, 6.45) is 2.80. The number of carbonyl (C=O) groups is 1. The third kappa shape index (κ3) is 2.57. The summed E-state index contributed by atoms with van der Waals surface area (Å²) in [5, 5.41) is 3.37. The maximum absolute atomic E-state index is 11.7. The number of nitrogens with zero attached hydrogens (tertiary/aromatic N) is 2. The molecule has 1 amide bonds. The summed E-state index contributed by atoms with van der Waals surface area (Å²) in [7, 11) is 3.47. The van der Waals surface area contributed by atoms with Gasteiger partial charge in [-0.3, -0.25) is 4.79 Å². The molecule has 1 aromatic rings. The lowest BCUT2D eigenvalue weighted by Gasteiger charge is -2.11. The highest BCUT2D eigenvalue weighted by molar-refractivity contribution is 5.93. The van der Waals surface area contributed by atoms with E-state index in [1.54, 1.807) is 25.2 Å². The van der Waals surface area contributed by atoms with Crippen LogP contribution in [0.2, 0.25) is 0 Å². The SMILES string of the molecule is CN(C)C(=O)c1ccc(NC2CC2(C)C)nc1. The molecule has 1 atom stereocenters. The highest BCUT2D eigenvalue weighted by Gasteiger charge is 2.45. The van der Waals surface area contributed by atoms with Gasteiger partial charge in [0.2, 0.25) is 0 Å². The summed E-state index contributed by atoms with van der Waals surface area (Å²) in [5.74, 6) is 0.826. The molecule has 0 aliphatic heterocycles. The van der Waals surface area contributed by atoms with Crippen LogP contribution in [-0.2, 0) is 0 Å². The van der Waals surface area contributed by atoms with Gasteiger partial charge in [-0.15, -0.1) is 0 Å². The largest absolute Gasteiger partial charge is 0.367 e. The van der Waals surface area contributed by atoms with Crippen molar-refractivity contribution in [3.05, 3.63) is 23.9 Å². The molecule has 92 valence electrons. The molecule has 17 heavy (non-hydrogen) atoms. The first-order valence-corrected chi connectivity index (χ1v) is 5.84. The zero-order valence-corrected chi connectivity index (χ0v) is 10.8. The number of amides is 1. The summed E-state index contributed by atoms with van der Waals surface area (Å²) in [6, 6.07) is 4.18. The minimum Gasteiger partial charge on any atom is -0.367 e. The Morgan fingerprint density at radius 2 is 2.12 bits per heavy atom. The van der Waals surface area contributed by atoms with Crippen molar-refractivity contribution in [2.45, 2.75) is 26.3 Å². The predicted octanol–water partition coefficient (Wildman–Crippen LogP) is 1.99. The minimum atomic E-state index is -0.0178. The Morgan fingerprint density at radius 1 is 1.47 bits per heavy atom. The van der Waals surface area contributed by atoms with E-state index >= 15 is 0 Å². The number of hydrogen-bond acceptors (Lipinski definition) is 3. The third-order valence-electron chi connectivity index (χ3n) is 3.25. The van der Waals surface area contributed by atoms with Crippen LogP contribution in [-0.4, -0.2) is 35.9 Å². The molecular weight excluding hydrogens is 214 g/mol. The summed E-state index contributed by atoms with van der Waals surface area (Å²) in [5.41, 5.74) is 0.996. The first-order chi connectivity index (χ1) is 7.90. The van der Waals surface area contributed by atoms with Gasteiger partial charge < -0.3 is 10.2 Å². The molecule has 2 rings (SSSR count). The van der Waals surface area contributed by atoms with Gasteiger partial charge in [0.15, 0.2) is 0 Å². The molecule has 1 aliphatic carbocycles. The van der Waals surface area contributed by atoms with E-state index in [9.17, 15) is 4.79 Å². The lowest BCUT2D eigenvalue weighted by molar-refractivity contribution is 0.0827. The van der Waals surface area contributed by atoms with E-state index in [2.05, 4.69) is 24.1 Å². The van der Waals surface area contributed by atoms with Gasteiger partial charge in [-0.2, -0.15) is 0 Å². The van der Waals surface area contributed by atoms with Gasteiger partial charge in [-0.05, 0) is 24.0 Å². The van der Waals surface area contributed by atoms with Crippen LogP contribution in [0.5, 0.6) is 0 Å². The highest BCUT2D eigenvalue weighted by Crippen LogP contribution is 2.46.